The lowest BCUT2D eigenvalue weighted by Gasteiger charge is -2.08. The number of ether oxygens (including phenoxy) is 2. The van der Waals surface area contributed by atoms with Crippen molar-refractivity contribution in [3.8, 4) is 5.75 Å². The van der Waals surface area contributed by atoms with E-state index in [0.29, 0.717) is 5.69 Å². The zero-order valence-electron chi connectivity index (χ0n) is 12.7. The molecule has 0 aliphatic heterocycles. The highest BCUT2D eigenvalue weighted by Gasteiger charge is 2.15. The molecule has 8 heteroatoms. The van der Waals surface area contributed by atoms with Gasteiger partial charge in [-0.15, -0.1) is 0 Å². The van der Waals surface area contributed by atoms with Gasteiger partial charge in [-0.3, -0.25) is 14.9 Å². The first-order chi connectivity index (χ1) is 11.5. The molecule has 1 amide bonds. The maximum Gasteiger partial charge on any atom is 0.337 e. The van der Waals surface area contributed by atoms with Crippen LogP contribution in [0.15, 0.2) is 48.5 Å². The molecule has 0 saturated heterocycles. The first-order valence-corrected chi connectivity index (χ1v) is 6.85. The molecule has 1 N–H and O–H groups in total. The zero-order chi connectivity index (χ0) is 17.5. The summed E-state index contributed by atoms with van der Waals surface area (Å²) in [6, 6.07) is 11.9. The molecular formula is C16H14N2O6. The molecule has 2 aromatic rings. The minimum absolute atomic E-state index is 0.000890. The smallest absolute Gasteiger partial charge is 0.337 e. The molecule has 0 aliphatic carbocycles. The van der Waals surface area contributed by atoms with Gasteiger partial charge in [0.25, 0.3) is 5.91 Å². The number of methoxy groups -OCH3 is 1. The van der Waals surface area contributed by atoms with Crippen LogP contribution in [0.4, 0.5) is 11.4 Å². The molecule has 124 valence electrons. The van der Waals surface area contributed by atoms with Gasteiger partial charge in [-0.2, -0.15) is 0 Å². The number of nitro benzene ring substituents is 1. The number of rotatable bonds is 6. The van der Waals surface area contributed by atoms with Crippen molar-refractivity contribution in [2.24, 2.45) is 0 Å². The summed E-state index contributed by atoms with van der Waals surface area (Å²) in [5, 5.41) is 13.4. The van der Waals surface area contributed by atoms with E-state index >= 15 is 0 Å². The predicted octanol–water partition coefficient (Wildman–Crippen LogP) is 2.40. The largest absolute Gasteiger partial charge is 0.477 e. The molecule has 0 atom stereocenters. The summed E-state index contributed by atoms with van der Waals surface area (Å²) in [6.07, 6.45) is 0. The van der Waals surface area contributed by atoms with Crippen molar-refractivity contribution in [2.75, 3.05) is 19.0 Å². The van der Waals surface area contributed by atoms with Crippen LogP contribution in [0.5, 0.6) is 5.75 Å². The van der Waals surface area contributed by atoms with E-state index in [1.807, 2.05) is 0 Å². The summed E-state index contributed by atoms with van der Waals surface area (Å²) >= 11 is 0. The van der Waals surface area contributed by atoms with E-state index in [0.717, 1.165) is 0 Å². The van der Waals surface area contributed by atoms with Crippen LogP contribution in [0.1, 0.15) is 10.4 Å². The standard InChI is InChI=1S/C16H14N2O6/c1-23-16(20)11-5-4-6-12(9-11)17-15(19)10-24-14-8-3-2-7-13(14)18(21)22/h2-9H,10H2,1H3,(H,17,19). The van der Waals surface area contributed by atoms with Crippen LogP contribution in [0.2, 0.25) is 0 Å². The fraction of sp³-hybridized carbons (Fsp3) is 0.125. The van der Waals surface area contributed by atoms with Crippen molar-refractivity contribution in [3.05, 3.63) is 64.2 Å². The highest BCUT2D eigenvalue weighted by atomic mass is 16.6. The average Bonchev–Trinajstić information content (AvgIpc) is 2.59. The fourth-order valence-electron chi connectivity index (χ4n) is 1.91. The summed E-state index contributed by atoms with van der Waals surface area (Å²) in [6.45, 7) is -0.409. The van der Waals surface area contributed by atoms with E-state index in [-0.39, 0.29) is 17.0 Å². The van der Waals surface area contributed by atoms with Crippen molar-refractivity contribution in [3.63, 3.8) is 0 Å². The Morgan fingerprint density at radius 1 is 1.17 bits per heavy atom. The number of nitrogens with zero attached hydrogens (tertiary/aromatic N) is 1. The van der Waals surface area contributed by atoms with Crippen LogP contribution in [0.3, 0.4) is 0 Å². The van der Waals surface area contributed by atoms with Crippen LogP contribution in [-0.4, -0.2) is 30.5 Å². The summed E-state index contributed by atoms with van der Waals surface area (Å²) in [7, 11) is 1.26. The molecule has 0 unspecified atom stereocenters. The number of hydrogen-bond acceptors (Lipinski definition) is 6. The Labute approximate surface area is 137 Å². The minimum atomic E-state index is -0.590. The topological polar surface area (TPSA) is 108 Å². The van der Waals surface area contributed by atoms with Gasteiger partial charge < -0.3 is 14.8 Å². The van der Waals surface area contributed by atoms with E-state index in [1.165, 1.54) is 31.4 Å². The maximum absolute atomic E-state index is 11.9. The lowest BCUT2D eigenvalue weighted by Crippen LogP contribution is -2.20. The second-order valence-electron chi connectivity index (χ2n) is 4.63. The average molecular weight is 330 g/mol. The Morgan fingerprint density at radius 2 is 1.92 bits per heavy atom. The molecule has 0 bridgehead atoms. The number of carbonyl (C=O) groups excluding carboxylic acids is 2. The molecule has 0 radical (unpaired) electrons. The van der Waals surface area contributed by atoms with Crippen molar-refractivity contribution in [1.82, 2.24) is 0 Å². The third kappa shape index (κ3) is 4.29. The molecule has 2 rings (SSSR count). The monoisotopic (exact) mass is 330 g/mol. The lowest BCUT2D eigenvalue weighted by atomic mass is 10.2. The Balaban J connectivity index is 1.99. The summed E-state index contributed by atoms with van der Waals surface area (Å²) < 4.78 is 9.78. The van der Waals surface area contributed by atoms with E-state index in [4.69, 9.17) is 4.74 Å². The van der Waals surface area contributed by atoms with Crippen molar-refractivity contribution in [2.45, 2.75) is 0 Å². The van der Waals surface area contributed by atoms with Crippen LogP contribution < -0.4 is 10.1 Å². The van der Waals surface area contributed by atoms with E-state index in [9.17, 15) is 19.7 Å². The number of para-hydroxylation sites is 2. The van der Waals surface area contributed by atoms with Crippen molar-refractivity contribution < 1.29 is 24.0 Å². The molecule has 8 nitrogen and oxygen atoms in total. The lowest BCUT2D eigenvalue weighted by molar-refractivity contribution is -0.385. The van der Waals surface area contributed by atoms with Gasteiger partial charge >= 0.3 is 11.7 Å². The van der Waals surface area contributed by atoms with Crippen molar-refractivity contribution >= 4 is 23.3 Å². The Bertz CT molecular complexity index is 775. The number of hydrogen-bond donors (Lipinski definition) is 1. The number of esters is 1. The van der Waals surface area contributed by atoms with Gasteiger partial charge in [0.15, 0.2) is 12.4 Å². The summed E-state index contributed by atoms with van der Waals surface area (Å²) in [5.74, 6) is -1.04. The number of nitrogens with one attached hydrogen (secondary N) is 1. The molecule has 0 spiro atoms. The van der Waals surface area contributed by atoms with Crippen LogP contribution in [0, 0.1) is 10.1 Å². The molecule has 0 aliphatic rings. The molecule has 0 aromatic heterocycles. The van der Waals surface area contributed by atoms with Gasteiger partial charge in [-0.1, -0.05) is 18.2 Å². The predicted molar refractivity (Wildman–Crippen MR) is 85.0 cm³/mol. The number of carbonyl (C=O) groups is 2. The third-order valence-electron chi connectivity index (χ3n) is 2.99. The first kappa shape index (κ1) is 16.9. The summed E-state index contributed by atoms with van der Waals surface area (Å²) in [4.78, 5) is 33.6. The number of anilines is 1. The normalized spacial score (nSPS) is 9.88. The van der Waals surface area contributed by atoms with Crippen LogP contribution >= 0.6 is 0 Å². The SMILES string of the molecule is COC(=O)c1cccc(NC(=O)COc2ccccc2[N+](=O)[O-])c1. The van der Waals surface area contributed by atoms with Crippen LogP contribution in [0.25, 0.3) is 0 Å². The molecule has 2 aromatic carbocycles. The minimum Gasteiger partial charge on any atom is -0.477 e. The van der Waals surface area contributed by atoms with E-state index in [1.54, 1.807) is 24.3 Å². The van der Waals surface area contributed by atoms with Gasteiger partial charge in [0, 0.05) is 11.8 Å². The zero-order valence-corrected chi connectivity index (χ0v) is 12.7. The second-order valence-corrected chi connectivity index (χ2v) is 4.63. The van der Waals surface area contributed by atoms with Gasteiger partial charge in [0.2, 0.25) is 0 Å². The molecule has 0 fully saturated rings. The van der Waals surface area contributed by atoms with E-state index < -0.39 is 23.4 Å². The number of benzene rings is 2. The van der Waals surface area contributed by atoms with Gasteiger partial charge in [-0.25, -0.2) is 4.79 Å². The molecule has 24 heavy (non-hydrogen) atoms. The quantitative estimate of drug-likeness (QED) is 0.495. The third-order valence-corrected chi connectivity index (χ3v) is 2.99. The van der Waals surface area contributed by atoms with Gasteiger partial charge in [-0.05, 0) is 24.3 Å². The highest BCUT2D eigenvalue weighted by molar-refractivity contribution is 5.95. The highest BCUT2D eigenvalue weighted by Crippen LogP contribution is 2.25. The fourth-order valence-corrected chi connectivity index (χ4v) is 1.91. The number of amides is 1. The number of nitro groups is 1. The second kappa shape index (κ2) is 7.73. The van der Waals surface area contributed by atoms with Gasteiger partial charge in [0.1, 0.15) is 0 Å². The Hall–Kier alpha value is -3.42. The van der Waals surface area contributed by atoms with Crippen LogP contribution in [-0.2, 0) is 9.53 Å². The molecular weight excluding hydrogens is 316 g/mol. The molecule has 0 saturated carbocycles. The summed E-state index contributed by atoms with van der Waals surface area (Å²) in [5.41, 5.74) is 0.446. The van der Waals surface area contributed by atoms with E-state index in [2.05, 4.69) is 10.1 Å². The Morgan fingerprint density at radius 3 is 2.62 bits per heavy atom. The first-order valence-electron chi connectivity index (χ1n) is 6.85. The van der Waals surface area contributed by atoms with Crippen molar-refractivity contribution in [1.29, 1.82) is 0 Å². The molecule has 0 heterocycles. The Kier molecular flexibility index (Phi) is 5.45. The maximum atomic E-state index is 11.9. The van der Waals surface area contributed by atoms with Gasteiger partial charge in [0.05, 0.1) is 17.6 Å².